The zero-order valence-corrected chi connectivity index (χ0v) is 10.8. The summed E-state index contributed by atoms with van der Waals surface area (Å²) in [6, 6.07) is 1.91. The van der Waals surface area contributed by atoms with Crippen molar-refractivity contribution in [3.05, 3.63) is 21.9 Å². The van der Waals surface area contributed by atoms with Gasteiger partial charge < -0.3 is 10.2 Å². The molecule has 1 fully saturated rings. The van der Waals surface area contributed by atoms with Crippen LogP contribution in [0.5, 0.6) is 0 Å². The van der Waals surface area contributed by atoms with Crippen molar-refractivity contribution in [2.24, 2.45) is 0 Å². The van der Waals surface area contributed by atoms with Crippen molar-refractivity contribution in [2.75, 3.05) is 19.6 Å². The van der Waals surface area contributed by atoms with Crippen molar-refractivity contribution >= 4 is 23.0 Å². The molecule has 17 heavy (non-hydrogen) atoms. The molecule has 1 saturated heterocycles. The number of piperazine rings is 1. The first-order chi connectivity index (χ1) is 8.09. The summed E-state index contributed by atoms with van der Waals surface area (Å²) in [7, 11) is 0. The van der Waals surface area contributed by atoms with Crippen molar-refractivity contribution in [3.8, 4) is 0 Å². The Balaban J connectivity index is 2.15. The molecule has 1 aromatic rings. The van der Waals surface area contributed by atoms with Crippen molar-refractivity contribution in [2.45, 2.75) is 19.9 Å². The van der Waals surface area contributed by atoms with Gasteiger partial charge in [0.05, 0.1) is 4.88 Å². The van der Waals surface area contributed by atoms with Gasteiger partial charge in [0.25, 0.3) is 5.91 Å². The third-order valence-electron chi connectivity index (χ3n) is 2.98. The molecule has 1 unspecified atom stereocenters. The second-order valence-corrected chi connectivity index (χ2v) is 5.22. The lowest BCUT2D eigenvalue weighted by Gasteiger charge is -2.33. The average molecular weight is 252 g/mol. The number of amides is 1. The molecule has 0 aromatic carbocycles. The minimum atomic E-state index is 0.00802. The van der Waals surface area contributed by atoms with Crippen LogP contribution in [0, 0.1) is 0 Å². The average Bonchev–Trinajstić information content (AvgIpc) is 2.78. The van der Waals surface area contributed by atoms with E-state index in [0.29, 0.717) is 10.4 Å². The Morgan fingerprint density at radius 3 is 2.88 bits per heavy atom. The zero-order chi connectivity index (χ0) is 12.4. The van der Waals surface area contributed by atoms with Gasteiger partial charge in [-0.05, 0) is 19.9 Å². The second kappa shape index (κ2) is 4.98. The van der Waals surface area contributed by atoms with E-state index in [1.165, 1.54) is 18.3 Å². The summed E-state index contributed by atoms with van der Waals surface area (Å²) < 4.78 is 0. The van der Waals surface area contributed by atoms with Crippen LogP contribution >= 0.6 is 11.3 Å². The smallest absolute Gasteiger partial charge is 0.264 e. The zero-order valence-electron chi connectivity index (χ0n) is 10.0. The SMILES string of the molecule is CC(=O)c1csc(C(=O)N2CCNCC2C)c1. The minimum absolute atomic E-state index is 0.00802. The van der Waals surface area contributed by atoms with Crippen molar-refractivity contribution in [1.29, 1.82) is 0 Å². The van der Waals surface area contributed by atoms with Crippen LogP contribution in [0.1, 0.15) is 33.9 Å². The molecule has 5 heteroatoms. The van der Waals surface area contributed by atoms with Gasteiger partial charge in [0, 0.05) is 36.6 Å². The third-order valence-corrected chi connectivity index (χ3v) is 3.90. The lowest BCUT2D eigenvalue weighted by molar-refractivity contribution is 0.0661. The van der Waals surface area contributed by atoms with Gasteiger partial charge in [-0.15, -0.1) is 11.3 Å². The molecule has 1 aliphatic rings. The summed E-state index contributed by atoms with van der Waals surface area (Å²) in [6.45, 7) is 5.94. The van der Waals surface area contributed by atoms with Gasteiger partial charge in [0.2, 0.25) is 0 Å². The molecule has 4 nitrogen and oxygen atoms in total. The molecule has 0 spiro atoms. The number of thiophene rings is 1. The normalized spacial score (nSPS) is 20.4. The van der Waals surface area contributed by atoms with E-state index in [4.69, 9.17) is 0 Å². The van der Waals surface area contributed by atoms with E-state index in [0.717, 1.165) is 19.6 Å². The monoisotopic (exact) mass is 252 g/mol. The number of ketones is 1. The van der Waals surface area contributed by atoms with Crippen LogP contribution < -0.4 is 5.32 Å². The molecule has 0 saturated carbocycles. The fraction of sp³-hybridized carbons (Fsp3) is 0.500. The maximum absolute atomic E-state index is 12.2. The van der Waals surface area contributed by atoms with Gasteiger partial charge in [-0.3, -0.25) is 9.59 Å². The molecule has 1 atom stereocenters. The Labute approximate surface area is 105 Å². The highest BCUT2D eigenvalue weighted by Crippen LogP contribution is 2.19. The molecule has 2 heterocycles. The Morgan fingerprint density at radius 2 is 2.29 bits per heavy atom. The van der Waals surface area contributed by atoms with Crippen molar-refractivity contribution in [3.63, 3.8) is 0 Å². The van der Waals surface area contributed by atoms with E-state index < -0.39 is 0 Å². The van der Waals surface area contributed by atoms with E-state index >= 15 is 0 Å². The first-order valence-electron chi connectivity index (χ1n) is 5.70. The minimum Gasteiger partial charge on any atom is -0.333 e. The molecule has 1 aromatic heterocycles. The predicted octanol–water partition coefficient (Wildman–Crippen LogP) is 1.38. The van der Waals surface area contributed by atoms with E-state index in [1.807, 2.05) is 11.8 Å². The van der Waals surface area contributed by atoms with Crippen molar-refractivity contribution < 1.29 is 9.59 Å². The van der Waals surface area contributed by atoms with Gasteiger partial charge in [-0.1, -0.05) is 0 Å². The van der Waals surface area contributed by atoms with Gasteiger partial charge in [0.15, 0.2) is 5.78 Å². The van der Waals surface area contributed by atoms with E-state index in [-0.39, 0.29) is 17.7 Å². The molecule has 1 amide bonds. The quantitative estimate of drug-likeness (QED) is 0.809. The first-order valence-corrected chi connectivity index (χ1v) is 6.58. The largest absolute Gasteiger partial charge is 0.333 e. The summed E-state index contributed by atoms with van der Waals surface area (Å²) in [5.74, 6) is 0.0464. The maximum Gasteiger partial charge on any atom is 0.264 e. The summed E-state index contributed by atoms with van der Waals surface area (Å²) in [4.78, 5) is 26.0. The molecular formula is C12H16N2O2S. The lowest BCUT2D eigenvalue weighted by atomic mass is 10.2. The van der Waals surface area contributed by atoms with Crippen LogP contribution in [-0.2, 0) is 0 Å². The molecule has 1 N–H and O–H groups in total. The van der Waals surface area contributed by atoms with E-state index in [1.54, 1.807) is 11.4 Å². The lowest BCUT2D eigenvalue weighted by Crippen LogP contribution is -2.52. The Bertz CT molecular complexity index is 441. The highest BCUT2D eigenvalue weighted by atomic mass is 32.1. The van der Waals surface area contributed by atoms with Crippen LogP contribution in [0.15, 0.2) is 11.4 Å². The number of hydrogen-bond donors (Lipinski definition) is 1. The summed E-state index contributed by atoms with van der Waals surface area (Å²) in [5, 5.41) is 5.00. The van der Waals surface area contributed by atoms with Crippen molar-refractivity contribution in [1.82, 2.24) is 10.2 Å². The van der Waals surface area contributed by atoms with Gasteiger partial charge in [-0.2, -0.15) is 0 Å². The third kappa shape index (κ3) is 2.56. The molecule has 2 rings (SSSR count). The fourth-order valence-corrected chi connectivity index (χ4v) is 2.82. The topological polar surface area (TPSA) is 49.4 Å². The number of rotatable bonds is 2. The summed E-state index contributed by atoms with van der Waals surface area (Å²) >= 11 is 1.35. The summed E-state index contributed by atoms with van der Waals surface area (Å²) in [5.41, 5.74) is 0.626. The van der Waals surface area contributed by atoms with Crippen LogP contribution in [0.25, 0.3) is 0 Å². The molecule has 0 bridgehead atoms. The highest BCUT2D eigenvalue weighted by Gasteiger charge is 2.25. The van der Waals surface area contributed by atoms with Crippen LogP contribution in [0.3, 0.4) is 0 Å². The molecular weight excluding hydrogens is 236 g/mol. The predicted molar refractivity (Wildman–Crippen MR) is 67.7 cm³/mol. The maximum atomic E-state index is 12.2. The number of hydrogen-bond acceptors (Lipinski definition) is 4. The molecule has 0 radical (unpaired) electrons. The first kappa shape index (κ1) is 12.3. The standard InChI is InChI=1S/C12H16N2O2S/c1-8-6-13-3-4-14(8)12(16)11-5-10(7-17-11)9(2)15/h5,7-8,13H,3-4,6H2,1-2H3. The molecule has 0 aliphatic carbocycles. The Hall–Kier alpha value is -1.20. The second-order valence-electron chi connectivity index (χ2n) is 4.31. The fourth-order valence-electron chi connectivity index (χ4n) is 1.92. The van der Waals surface area contributed by atoms with Crippen LogP contribution in [-0.4, -0.2) is 42.3 Å². The number of Topliss-reactive ketones (excluding diaryl/α,β-unsaturated/α-hetero) is 1. The van der Waals surface area contributed by atoms with Crippen LogP contribution in [0.4, 0.5) is 0 Å². The number of nitrogens with one attached hydrogen (secondary N) is 1. The Kier molecular flexibility index (Phi) is 3.59. The molecule has 92 valence electrons. The van der Waals surface area contributed by atoms with Gasteiger partial charge in [-0.25, -0.2) is 0 Å². The Morgan fingerprint density at radius 1 is 1.53 bits per heavy atom. The molecule has 1 aliphatic heterocycles. The summed E-state index contributed by atoms with van der Waals surface area (Å²) in [6.07, 6.45) is 0. The van der Waals surface area contributed by atoms with E-state index in [2.05, 4.69) is 5.32 Å². The highest BCUT2D eigenvalue weighted by molar-refractivity contribution is 7.12. The van der Waals surface area contributed by atoms with E-state index in [9.17, 15) is 9.59 Å². The number of carbonyl (C=O) groups is 2. The van der Waals surface area contributed by atoms with Crippen LogP contribution in [0.2, 0.25) is 0 Å². The van der Waals surface area contributed by atoms with Gasteiger partial charge >= 0.3 is 0 Å². The number of carbonyl (C=O) groups excluding carboxylic acids is 2. The van der Waals surface area contributed by atoms with Gasteiger partial charge in [0.1, 0.15) is 0 Å². The number of nitrogens with zero attached hydrogens (tertiary/aromatic N) is 1.